The van der Waals surface area contributed by atoms with E-state index >= 15 is 0 Å². The zero-order chi connectivity index (χ0) is 19.4. The normalized spacial score (nSPS) is 15.2. The van der Waals surface area contributed by atoms with E-state index in [2.05, 4.69) is 10.0 Å². The number of carbonyl (C=O) groups excluding carboxylic acids is 1. The van der Waals surface area contributed by atoms with Gasteiger partial charge in [-0.1, -0.05) is 41.9 Å². The smallest absolute Gasteiger partial charge is 0.245 e. The Labute approximate surface area is 163 Å². The van der Waals surface area contributed by atoms with Gasteiger partial charge >= 0.3 is 0 Å². The molecule has 1 aliphatic carbocycles. The quantitative estimate of drug-likeness (QED) is 0.702. The Morgan fingerprint density at radius 1 is 1.22 bits per heavy atom. The lowest BCUT2D eigenvalue weighted by atomic mass is 10.1. The summed E-state index contributed by atoms with van der Waals surface area (Å²) >= 11 is 5.96. The first-order valence-corrected chi connectivity index (χ1v) is 10.5. The maximum Gasteiger partial charge on any atom is 0.245 e. The average molecular weight is 409 g/mol. The van der Waals surface area contributed by atoms with Crippen molar-refractivity contribution in [3.8, 4) is 5.75 Å². The molecule has 0 unspecified atom stereocenters. The summed E-state index contributed by atoms with van der Waals surface area (Å²) in [6.07, 6.45) is 2.07. The zero-order valence-corrected chi connectivity index (χ0v) is 16.4. The Balaban J connectivity index is 1.87. The molecule has 3 rings (SSSR count). The van der Waals surface area contributed by atoms with Crippen molar-refractivity contribution in [1.29, 1.82) is 0 Å². The highest BCUT2D eigenvalue weighted by atomic mass is 35.5. The van der Waals surface area contributed by atoms with Crippen LogP contribution in [0, 0.1) is 0 Å². The van der Waals surface area contributed by atoms with Crippen molar-refractivity contribution in [3.05, 3.63) is 59.1 Å². The van der Waals surface area contributed by atoms with Gasteiger partial charge in [-0.2, -0.15) is 4.72 Å². The second-order valence-corrected chi connectivity index (χ2v) is 8.56. The molecule has 1 amide bonds. The molecule has 0 saturated heterocycles. The molecular formula is C19H21ClN2O4S. The number of sulfonamides is 1. The summed E-state index contributed by atoms with van der Waals surface area (Å²) in [6.45, 7) is 0. The van der Waals surface area contributed by atoms with Gasteiger partial charge in [-0.25, -0.2) is 8.42 Å². The first-order chi connectivity index (χ1) is 12.9. The van der Waals surface area contributed by atoms with Crippen LogP contribution in [0.25, 0.3) is 0 Å². The fraction of sp³-hybridized carbons (Fsp3) is 0.316. The molecule has 1 saturated carbocycles. The van der Waals surface area contributed by atoms with E-state index < -0.39 is 16.1 Å². The van der Waals surface area contributed by atoms with E-state index in [0.717, 1.165) is 18.4 Å². The predicted octanol–water partition coefficient (Wildman–Crippen LogP) is 2.52. The molecule has 1 fully saturated rings. The third-order valence-corrected chi connectivity index (χ3v) is 5.96. The van der Waals surface area contributed by atoms with Crippen LogP contribution < -0.4 is 14.8 Å². The van der Waals surface area contributed by atoms with Gasteiger partial charge in [0.05, 0.1) is 7.11 Å². The molecule has 2 aromatic rings. The summed E-state index contributed by atoms with van der Waals surface area (Å²) in [4.78, 5) is 12.5. The van der Waals surface area contributed by atoms with Gasteiger partial charge in [-0.3, -0.25) is 4.79 Å². The minimum atomic E-state index is -4.03. The lowest BCUT2D eigenvalue weighted by molar-refractivity contribution is -0.122. The minimum absolute atomic E-state index is 0.102. The Bertz CT molecular complexity index is 915. The zero-order valence-electron chi connectivity index (χ0n) is 14.8. The van der Waals surface area contributed by atoms with Crippen LogP contribution in [0.4, 0.5) is 0 Å². The van der Waals surface area contributed by atoms with Crippen molar-refractivity contribution in [2.45, 2.75) is 36.2 Å². The first-order valence-electron chi connectivity index (χ1n) is 8.59. The highest BCUT2D eigenvalue weighted by Crippen LogP contribution is 2.27. The Morgan fingerprint density at radius 3 is 2.56 bits per heavy atom. The highest BCUT2D eigenvalue weighted by Gasteiger charge is 2.31. The van der Waals surface area contributed by atoms with E-state index in [0.29, 0.717) is 0 Å². The maximum absolute atomic E-state index is 12.9. The van der Waals surface area contributed by atoms with Gasteiger partial charge in [0, 0.05) is 11.1 Å². The molecule has 0 aromatic heterocycles. The van der Waals surface area contributed by atoms with Crippen molar-refractivity contribution in [2.75, 3.05) is 7.11 Å². The van der Waals surface area contributed by atoms with Crippen molar-refractivity contribution >= 4 is 27.5 Å². The Kier molecular flexibility index (Phi) is 6.04. The summed E-state index contributed by atoms with van der Waals surface area (Å²) in [5.74, 6) is -0.182. The van der Waals surface area contributed by atoms with E-state index in [4.69, 9.17) is 16.3 Å². The lowest BCUT2D eigenvalue weighted by Crippen LogP contribution is -2.48. The summed E-state index contributed by atoms with van der Waals surface area (Å²) in [7, 11) is -2.65. The molecule has 1 aliphatic rings. The van der Waals surface area contributed by atoms with E-state index in [1.807, 2.05) is 30.3 Å². The van der Waals surface area contributed by atoms with Crippen molar-refractivity contribution in [3.63, 3.8) is 0 Å². The molecule has 0 radical (unpaired) electrons. The van der Waals surface area contributed by atoms with Gasteiger partial charge in [0.25, 0.3) is 0 Å². The molecule has 0 heterocycles. The average Bonchev–Trinajstić information content (AvgIpc) is 3.46. The summed E-state index contributed by atoms with van der Waals surface area (Å²) in [6, 6.07) is 12.8. The Hall–Kier alpha value is -2.09. The van der Waals surface area contributed by atoms with Crippen LogP contribution in [0.15, 0.2) is 53.4 Å². The summed E-state index contributed by atoms with van der Waals surface area (Å²) in [5.41, 5.74) is 0.856. The van der Waals surface area contributed by atoms with E-state index in [9.17, 15) is 13.2 Å². The van der Waals surface area contributed by atoms with Gasteiger partial charge < -0.3 is 10.1 Å². The molecule has 27 heavy (non-hydrogen) atoms. The van der Waals surface area contributed by atoms with E-state index in [-0.39, 0.29) is 34.0 Å². The van der Waals surface area contributed by atoms with Crippen LogP contribution in [0.1, 0.15) is 18.4 Å². The highest BCUT2D eigenvalue weighted by molar-refractivity contribution is 7.89. The number of methoxy groups -OCH3 is 1. The number of hydrogen-bond donors (Lipinski definition) is 2. The van der Waals surface area contributed by atoms with Crippen molar-refractivity contribution in [1.82, 2.24) is 10.0 Å². The lowest BCUT2D eigenvalue weighted by Gasteiger charge is -2.19. The number of benzene rings is 2. The molecule has 0 aliphatic heterocycles. The number of nitrogens with one attached hydrogen (secondary N) is 2. The second kappa shape index (κ2) is 8.29. The summed E-state index contributed by atoms with van der Waals surface area (Å²) in [5, 5.41) is 3.13. The molecule has 2 N–H and O–H groups in total. The molecule has 144 valence electrons. The molecule has 2 aromatic carbocycles. The van der Waals surface area contributed by atoms with Gasteiger partial charge in [-0.05, 0) is 43.0 Å². The predicted molar refractivity (Wildman–Crippen MR) is 103 cm³/mol. The van der Waals surface area contributed by atoms with Crippen LogP contribution >= 0.6 is 11.6 Å². The van der Waals surface area contributed by atoms with Crippen LogP contribution in [0.3, 0.4) is 0 Å². The SMILES string of the molecule is COc1ccc(Cl)cc1S(=O)(=O)N[C@H](Cc1ccccc1)C(=O)NC1CC1. The topological polar surface area (TPSA) is 84.5 Å². The van der Waals surface area contributed by atoms with Crippen LogP contribution in [-0.2, 0) is 21.2 Å². The fourth-order valence-electron chi connectivity index (χ4n) is 2.68. The molecule has 6 nitrogen and oxygen atoms in total. The number of halogens is 1. The van der Waals surface area contributed by atoms with Crippen LogP contribution in [0.5, 0.6) is 5.75 Å². The number of ether oxygens (including phenoxy) is 1. The number of hydrogen-bond acceptors (Lipinski definition) is 4. The number of amides is 1. The van der Waals surface area contributed by atoms with Gasteiger partial charge in [0.2, 0.25) is 15.9 Å². The molecule has 1 atom stereocenters. The Morgan fingerprint density at radius 2 is 1.93 bits per heavy atom. The largest absolute Gasteiger partial charge is 0.495 e. The van der Waals surface area contributed by atoms with E-state index in [1.54, 1.807) is 6.07 Å². The number of rotatable bonds is 8. The second-order valence-electron chi connectivity index (χ2n) is 6.44. The van der Waals surface area contributed by atoms with Crippen molar-refractivity contribution in [2.24, 2.45) is 0 Å². The molecule has 0 bridgehead atoms. The van der Waals surface area contributed by atoms with Crippen molar-refractivity contribution < 1.29 is 17.9 Å². The third-order valence-electron chi connectivity index (χ3n) is 4.24. The van der Waals surface area contributed by atoms with Gasteiger partial charge in [0.1, 0.15) is 16.7 Å². The summed E-state index contributed by atoms with van der Waals surface area (Å²) < 4.78 is 33.5. The van der Waals surface area contributed by atoms with E-state index in [1.165, 1.54) is 19.2 Å². The molecular weight excluding hydrogens is 388 g/mol. The molecule has 0 spiro atoms. The molecule has 8 heteroatoms. The van der Waals surface area contributed by atoms with Crippen LogP contribution in [-0.4, -0.2) is 33.5 Å². The van der Waals surface area contributed by atoms with Crippen LogP contribution in [0.2, 0.25) is 5.02 Å². The minimum Gasteiger partial charge on any atom is -0.495 e. The van der Waals surface area contributed by atoms with Gasteiger partial charge in [0.15, 0.2) is 0 Å². The number of carbonyl (C=O) groups is 1. The monoisotopic (exact) mass is 408 g/mol. The third kappa shape index (κ3) is 5.22. The fourth-order valence-corrected chi connectivity index (χ4v) is 4.31. The van der Waals surface area contributed by atoms with Gasteiger partial charge in [-0.15, -0.1) is 0 Å². The standard InChI is InChI=1S/C19H21ClN2O4S/c1-26-17-10-7-14(20)12-18(17)27(24,25)22-16(19(23)21-15-8-9-15)11-13-5-3-2-4-6-13/h2-7,10,12,15-16,22H,8-9,11H2,1H3,(H,21,23)/t16-/m1/s1. The first kappa shape index (κ1) is 19.7. The maximum atomic E-state index is 12.9.